The Bertz CT molecular complexity index is 384. The Hall–Kier alpha value is -1.08. The number of nitrogen functional groups attached to an aromatic ring is 1. The lowest BCUT2D eigenvalue weighted by Gasteiger charge is -2.15. The van der Waals surface area contributed by atoms with Crippen molar-refractivity contribution in [2.75, 3.05) is 18.6 Å². The number of alkyl halides is 3. The maximum absolute atomic E-state index is 12.1. The number of rotatable bonds is 4. The van der Waals surface area contributed by atoms with Gasteiger partial charge >= 0.3 is 6.18 Å². The quantitative estimate of drug-likeness (QED) is 0.649. The highest BCUT2D eigenvalue weighted by atomic mass is 32.2. The van der Waals surface area contributed by atoms with Crippen LogP contribution in [0.1, 0.15) is 0 Å². The Morgan fingerprint density at radius 3 is 2.65 bits per heavy atom. The summed E-state index contributed by atoms with van der Waals surface area (Å²) in [6.45, 7) is 0. The van der Waals surface area contributed by atoms with Gasteiger partial charge in [0.15, 0.2) is 6.10 Å². The zero-order chi connectivity index (χ0) is 13.1. The molecule has 0 spiro atoms. The molecule has 1 rings (SSSR count). The molecule has 0 heterocycles. The van der Waals surface area contributed by atoms with Crippen molar-refractivity contribution in [3.05, 3.63) is 18.2 Å². The van der Waals surface area contributed by atoms with Crippen LogP contribution in [0.5, 0.6) is 5.75 Å². The second-order valence-electron chi connectivity index (χ2n) is 3.28. The number of hydrogen-bond acceptors (Lipinski definition) is 4. The lowest BCUT2D eigenvalue weighted by atomic mass is 10.3. The molecular formula is C10H12F3NO2S. The van der Waals surface area contributed by atoms with Crippen LogP contribution in [0.3, 0.4) is 0 Å². The summed E-state index contributed by atoms with van der Waals surface area (Å²) < 4.78 is 41.2. The number of benzene rings is 1. The van der Waals surface area contributed by atoms with Gasteiger partial charge in [0.2, 0.25) is 0 Å². The predicted octanol–water partition coefficient (Wildman–Crippen LogP) is 2.29. The Morgan fingerprint density at radius 2 is 2.12 bits per heavy atom. The van der Waals surface area contributed by atoms with Crippen LogP contribution in [0.15, 0.2) is 23.1 Å². The first-order valence-electron chi connectivity index (χ1n) is 4.65. The lowest BCUT2D eigenvalue weighted by molar-refractivity contribution is -0.195. The largest absolute Gasteiger partial charge is 0.496 e. The molecule has 0 radical (unpaired) electrons. The van der Waals surface area contributed by atoms with Crippen molar-refractivity contribution in [1.29, 1.82) is 0 Å². The Morgan fingerprint density at radius 1 is 1.47 bits per heavy atom. The Balaban J connectivity index is 2.69. The third-order valence-corrected chi connectivity index (χ3v) is 3.09. The van der Waals surface area contributed by atoms with Crippen LogP contribution in [-0.2, 0) is 0 Å². The van der Waals surface area contributed by atoms with Crippen LogP contribution in [0.2, 0.25) is 0 Å². The van der Waals surface area contributed by atoms with Gasteiger partial charge in [0.1, 0.15) is 5.75 Å². The summed E-state index contributed by atoms with van der Waals surface area (Å²) >= 11 is 0.865. The minimum atomic E-state index is -4.60. The van der Waals surface area contributed by atoms with Gasteiger partial charge in [-0.15, -0.1) is 11.8 Å². The summed E-state index contributed by atoms with van der Waals surface area (Å²) in [4.78, 5) is 0.505. The van der Waals surface area contributed by atoms with E-state index in [1.54, 1.807) is 12.1 Å². The molecule has 17 heavy (non-hydrogen) atoms. The van der Waals surface area contributed by atoms with E-state index >= 15 is 0 Å². The molecule has 0 bridgehead atoms. The van der Waals surface area contributed by atoms with Crippen molar-refractivity contribution in [3.8, 4) is 5.75 Å². The van der Waals surface area contributed by atoms with E-state index < -0.39 is 18.0 Å². The summed E-state index contributed by atoms with van der Waals surface area (Å²) in [5.41, 5.74) is 5.97. The zero-order valence-electron chi connectivity index (χ0n) is 8.99. The van der Waals surface area contributed by atoms with Crippen LogP contribution >= 0.6 is 11.8 Å². The fraction of sp³-hybridized carbons (Fsp3) is 0.400. The van der Waals surface area contributed by atoms with Crippen LogP contribution < -0.4 is 10.5 Å². The summed E-state index contributed by atoms with van der Waals surface area (Å²) in [7, 11) is 1.40. The normalized spacial score (nSPS) is 13.5. The van der Waals surface area contributed by atoms with Crippen LogP contribution in [0.4, 0.5) is 18.9 Å². The highest BCUT2D eigenvalue weighted by Crippen LogP contribution is 2.33. The number of nitrogens with two attached hydrogens (primary N) is 1. The predicted molar refractivity (Wildman–Crippen MR) is 60.2 cm³/mol. The van der Waals surface area contributed by atoms with Gasteiger partial charge in [-0.25, -0.2) is 0 Å². The first-order chi connectivity index (χ1) is 7.84. The van der Waals surface area contributed by atoms with Crippen LogP contribution in [0, 0.1) is 0 Å². The van der Waals surface area contributed by atoms with Gasteiger partial charge in [0.25, 0.3) is 0 Å². The number of methoxy groups -OCH3 is 1. The van der Waals surface area contributed by atoms with E-state index in [0.717, 1.165) is 11.8 Å². The fourth-order valence-corrected chi connectivity index (χ4v) is 2.04. The highest BCUT2D eigenvalue weighted by molar-refractivity contribution is 7.99. The zero-order valence-corrected chi connectivity index (χ0v) is 9.81. The molecule has 7 heteroatoms. The number of thioether (sulfide) groups is 1. The number of aliphatic hydroxyl groups is 1. The van der Waals surface area contributed by atoms with Gasteiger partial charge in [-0.1, -0.05) is 0 Å². The van der Waals surface area contributed by atoms with Gasteiger partial charge in [0.05, 0.1) is 7.11 Å². The number of ether oxygens (including phenoxy) is 1. The minimum absolute atomic E-state index is 0.393. The monoisotopic (exact) mass is 267 g/mol. The minimum Gasteiger partial charge on any atom is -0.496 e. The third-order valence-electron chi connectivity index (χ3n) is 1.96. The van der Waals surface area contributed by atoms with Gasteiger partial charge in [-0.3, -0.25) is 0 Å². The molecule has 1 unspecified atom stereocenters. The van der Waals surface area contributed by atoms with Crippen molar-refractivity contribution in [2.24, 2.45) is 0 Å². The van der Waals surface area contributed by atoms with E-state index in [9.17, 15) is 13.2 Å². The Kier molecular flexibility index (Phi) is 4.53. The number of hydrogen-bond donors (Lipinski definition) is 2. The second kappa shape index (κ2) is 5.50. The molecule has 0 amide bonds. The molecule has 0 aromatic heterocycles. The average Bonchev–Trinajstić information content (AvgIpc) is 2.25. The molecule has 0 saturated carbocycles. The Labute approximate surface area is 101 Å². The number of halogens is 3. The molecule has 3 nitrogen and oxygen atoms in total. The van der Waals surface area contributed by atoms with Gasteiger partial charge < -0.3 is 15.6 Å². The molecule has 0 fully saturated rings. The van der Waals surface area contributed by atoms with Crippen LogP contribution in [-0.4, -0.2) is 30.2 Å². The van der Waals surface area contributed by atoms with E-state index in [-0.39, 0.29) is 0 Å². The smallest absolute Gasteiger partial charge is 0.415 e. The summed E-state index contributed by atoms with van der Waals surface area (Å²) in [6, 6.07) is 4.63. The molecule has 1 aromatic carbocycles. The van der Waals surface area contributed by atoms with Crippen molar-refractivity contribution in [1.82, 2.24) is 0 Å². The SMILES string of the molecule is COc1cc(N)ccc1SCC(O)C(F)(F)F. The lowest BCUT2D eigenvalue weighted by Crippen LogP contribution is -2.30. The molecule has 96 valence electrons. The third kappa shape index (κ3) is 4.01. The first kappa shape index (κ1) is 14.0. The standard InChI is InChI=1S/C10H12F3NO2S/c1-16-7-4-6(14)2-3-8(7)17-5-9(15)10(11,12)13/h2-4,9,15H,5,14H2,1H3. The van der Waals surface area contributed by atoms with Gasteiger partial charge in [-0.05, 0) is 12.1 Å². The molecule has 3 N–H and O–H groups in total. The van der Waals surface area contributed by atoms with Gasteiger partial charge in [0, 0.05) is 22.4 Å². The van der Waals surface area contributed by atoms with Crippen molar-refractivity contribution in [3.63, 3.8) is 0 Å². The molecular weight excluding hydrogens is 255 g/mol. The topological polar surface area (TPSA) is 55.5 Å². The first-order valence-corrected chi connectivity index (χ1v) is 5.64. The van der Waals surface area contributed by atoms with Crippen LogP contribution in [0.25, 0.3) is 0 Å². The van der Waals surface area contributed by atoms with Crippen molar-refractivity contribution in [2.45, 2.75) is 17.2 Å². The number of aliphatic hydroxyl groups excluding tert-OH is 1. The molecule has 0 saturated heterocycles. The second-order valence-corrected chi connectivity index (χ2v) is 4.34. The molecule has 1 atom stereocenters. The van der Waals surface area contributed by atoms with Crippen molar-refractivity contribution >= 4 is 17.4 Å². The van der Waals surface area contributed by atoms with E-state index in [4.69, 9.17) is 15.6 Å². The van der Waals surface area contributed by atoms with Crippen molar-refractivity contribution < 1.29 is 23.0 Å². The summed E-state index contributed by atoms with van der Waals surface area (Å²) in [5, 5.41) is 8.85. The maximum Gasteiger partial charge on any atom is 0.415 e. The molecule has 0 aliphatic heterocycles. The van der Waals surface area contributed by atoms with E-state index in [1.165, 1.54) is 13.2 Å². The summed E-state index contributed by atoms with van der Waals surface area (Å²) in [5.74, 6) is -0.0894. The molecule has 1 aromatic rings. The molecule has 0 aliphatic rings. The van der Waals surface area contributed by atoms with E-state index in [2.05, 4.69) is 0 Å². The number of anilines is 1. The van der Waals surface area contributed by atoms with Gasteiger partial charge in [-0.2, -0.15) is 13.2 Å². The molecule has 0 aliphatic carbocycles. The van der Waals surface area contributed by atoms with E-state index in [0.29, 0.717) is 16.3 Å². The average molecular weight is 267 g/mol. The summed E-state index contributed by atoms with van der Waals surface area (Å²) in [6.07, 6.45) is -6.96. The fourth-order valence-electron chi connectivity index (χ4n) is 1.07. The highest BCUT2D eigenvalue weighted by Gasteiger charge is 2.38. The van der Waals surface area contributed by atoms with E-state index in [1.807, 2.05) is 0 Å². The maximum atomic E-state index is 12.1.